The van der Waals surface area contributed by atoms with Crippen molar-refractivity contribution in [2.75, 3.05) is 19.6 Å². The maximum absolute atomic E-state index is 12.8. The summed E-state index contributed by atoms with van der Waals surface area (Å²) in [5, 5.41) is 2.59. The van der Waals surface area contributed by atoms with E-state index in [0.29, 0.717) is 0 Å². The lowest BCUT2D eigenvalue weighted by atomic mass is 10.1. The Kier molecular flexibility index (Phi) is 4.11. The minimum Gasteiger partial charge on any atom is -0.335 e. The van der Waals surface area contributed by atoms with Crippen LogP contribution in [0.25, 0.3) is 11.0 Å². The van der Waals surface area contributed by atoms with Gasteiger partial charge in [-0.15, -0.1) is 0 Å². The summed E-state index contributed by atoms with van der Waals surface area (Å²) in [6.07, 6.45) is -5.15. The summed E-state index contributed by atoms with van der Waals surface area (Å²) >= 11 is 0. The first-order chi connectivity index (χ1) is 11.3. The molecule has 2 aromatic rings. The van der Waals surface area contributed by atoms with E-state index in [9.17, 15) is 26.7 Å². The molecule has 11 heteroatoms. The second-order valence-electron chi connectivity index (χ2n) is 5.31. The SMILES string of the molecule is O=C(c1cncc2[nH]c(C(F)(F)F)nc12)N1CCNC(C(F)F)C1. The highest BCUT2D eigenvalue weighted by atomic mass is 19.4. The summed E-state index contributed by atoms with van der Waals surface area (Å²) in [7, 11) is 0. The Morgan fingerprint density at radius 2 is 2.08 bits per heavy atom. The number of nitrogens with zero attached hydrogens (tertiary/aromatic N) is 3. The molecule has 0 aliphatic carbocycles. The Labute approximate surface area is 132 Å². The van der Waals surface area contributed by atoms with E-state index in [1.165, 1.54) is 0 Å². The Bertz CT molecular complexity index is 759. The number of alkyl halides is 5. The Morgan fingerprint density at radius 3 is 2.75 bits per heavy atom. The van der Waals surface area contributed by atoms with E-state index in [4.69, 9.17) is 0 Å². The number of piperazine rings is 1. The van der Waals surface area contributed by atoms with Crippen molar-refractivity contribution in [1.82, 2.24) is 25.2 Å². The van der Waals surface area contributed by atoms with Crippen molar-refractivity contribution in [1.29, 1.82) is 0 Å². The molecule has 1 atom stereocenters. The Hall–Kier alpha value is -2.30. The molecule has 1 amide bonds. The zero-order chi connectivity index (χ0) is 17.5. The van der Waals surface area contributed by atoms with Gasteiger partial charge in [0.25, 0.3) is 12.3 Å². The number of halogens is 5. The van der Waals surface area contributed by atoms with Gasteiger partial charge >= 0.3 is 6.18 Å². The number of nitrogens with one attached hydrogen (secondary N) is 2. The van der Waals surface area contributed by atoms with Crippen LogP contribution in [0, 0.1) is 0 Å². The van der Waals surface area contributed by atoms with Crippen molar-refractivity contribution in [3.05, 3.63) is 23.8 Å². The van der Waals surface area contributed by atoms with E-state index < -0.39 is 30.4 Å². The maximum Gasteiger partial charge on any atom is 0.449 e. The molecule has 6 nitrogen and oxygen atoms in total. The molecule has 1 aliphatic heterocycles. The number of pyridine rings is 1. The van der Waals surface area contributed by atoms with Crippen LogP contribution in [-0.2, 0) is 6.18 Å². The third kappa shape index (κ3) is 3.03. The predicted octanol–water partition coefficient (Wildman–Crippen LogP) is 1.66. The third-order valence-electron chi connectivity index (χ3n) is 3.69. The van der Waals surface area contributed by atoms with Gasteiger partial charge in [-0.05, 0) is 0 Å². The van der Waals surface area contributed by atoms with Crippen LogP contribution in [0.5, 0.6) is 0 Å². The Balaban J connectivity index is 1.94. The average molecular weight is 349 g/mol. The van der Waals surface area contributed by atoms with E-state index >= 15 is 0 Å². The van der Waals surface area contributed by atoms with E-state index in [0.717, 1.165) is 17.3 Å². The normalized spacial score (nSPS) is 19.2. The standard InChI is InChI=1S/C13H12F5N5O/c14-10(15)8-5-23(2-1-20-8)11(24)6-3-19-4-7-9(6)22-12(21-7)13(16,17)18/h3-4,8,10,20H,1-2,5H2,(H,21,22). The number of aromatic nitrogens is 3. The lowest BCUT2D eigenvalue weighted by molar-refractivity contribution is -0.144. The van der Waals surface area contributed by atoms with E-state index in [-0.39, 0.29) is 36.2 Å². The number of imidazole rings is 1. The highest BCUT2D eigenvalue weighted by Crippen LogP contribution is 2.29. The van der Waals surface area contributed by atoms with Crippen LogP contribution in [0.3, 0.4) is 0 Å². The van der Waals surface area contributed by atoms with Crippen LogP contribution in [0.15, 0.2) is 12.4 Å². The number of amides is 1. The van der Waals surface area contributed by atoms with Gasteiger partial charge < -0.3 is 15.2 Å². The highest BCUT2D eigenvalue weighted by Gasteiger charge is 2.36. The van der Waals surface area contributed by atoms with Crippen molar-refractivity contribution in [2.45, 2.75) is 18.6 Å². The fourth-order valence-electron chi connectivity index (χ4n) is 2.53. The molecular formula is C13H12F5N5O. The minimum absolute atomic E-state index is 0.0475. The average Bonchev–Trinajstić information content (AvgIpc) is 2.98. The first-order valence-corrected chi connectivity index (χ1v) is 6.99. The summed E-state index contributed by atoms with van der Waals surface area (Å²) in [5.74, 6) is -1.93. The highest BCUT2D eigenvalue weighted by molar-refractivity contribution is 6.04. The van der Waals surface area contributed by atoms with Gasteiger partial charge in [0.15, 0.2) is 0 Å². The molecule has 0 bridgehead atoms. The van der Waals surface area contributed by atoms with Gasteiger partial charge in [0, 0.05) is 25.8 Å². The van der Waals surface area contributed by atoms with Crippen LogP contribution >= 0.6 is 0 Å². The number of fused-ring (bicyclic) bond motifs is 1. The van der Waals surface area contributed by atoms with Crippen molar-refractivity contribution in [2.24, 2.45) is 0 Å². The van der Waals surface area contributed by atoms with Gasteiger partial charge in [-0.1, -0.05) is 0 Å². The molecule has 0 radical (unpaired) electrons. The smallest absolute Gasteiger partial charge is 0.335 e. The second-order valence-corrected chi connectivity index (χ2v) is 5.31. The monoisotopic (exact) mass is 349 g/mol. The van der Waals surface area contributed by atoms with Crippen LogP contribution < -0.4 is 5.32 Å². The summed E-state index contributed by atoms with van der Waals surface area (Å²) < 4.78 is 63.8. The number of carbonyl (C=O) groups excluding carboxylic acids is 1. The fourth-order valence-corrected chi connectivity index (χ4v) is 2.53. The van der Waals surface area contributed by atoms with Gasteiger partial charge in [0.2, 0.25) is 5.82 Å². The van der Waals surface area contributed by atoms with Crippen LogP contribution in [0.4, 0.5) is 22.0 Å². The third-order valence-corrected chi connectivity index (χ3v) is 3.69. The van der Waals surface area contributed by atoms with Crippen LogP contribution in [0.2, 0.25) is 0 Å². The lowest BCUT2D eigenvalue weighted by Crippen LogP contribution is -2.55. The molecule has 1 saturated heterocycles. The molecule has 0 aromatic carbocycles. The van der Waals surface area contributed by atoms with Gasteiger partial charge in [-0.2, -0.15) is 13.2 Å². The first-order valence-electron chi connectivity index (χ1n) is 6.99. The van der Waals surface area contributed by atoms with Crippen LogP contribution in [0.1, 0.15) is 16.2 Å². The zero-order valence-corrected chi connectivity index (χ0v) is 12.1. The fraction of sp³-hybridized carbons (Fsp3) is 0.462. The van der Waals surface area contributed by atoms with Crippen LogP contribution in [-0.4, -0.2) is 57.9 Å². The molecule has 1 aliphatic rings. The summed E-state index contributed by atoms with van der Waals surface area (Å²) in [5.41, 5.74) is -0.391. The van der Waals surface area contributed by atoms with Gasteiger partial charge in [0.05, 0.1) is 23.3 Å². The molecule has 0 saturated carbocycles. The van der Waals surface area contributed by atoms with Gasteiger partial charge in [0.1, 0.15) is 5.52 Å². The summed E-state index contributed by atoms with van der Waals surface area (Å²) in [6, 6.07) is -1.18. The topological polar surface area (TPSA) is 73.9 Å². The van der Waals surface area contributed by atoms with Crippen molar-refractivity contribution in [3.8, 4) is 0 Å². The number of H-pyrrole nitrogens is 1. The molecule has 3 heterocycles. The van der Waals surface area contributed by atoms with Crippen molar-refractivity contribution in [3.63, 3.8) is 0 Å². The number of carbonyl (C=O) groups is 1. The lowest BCUT2D eigenvalue weighted by Gasteiger charge is -2.33. The molecule has 2 N–H and O–H groups in total. The molecule has 130 valence electrons. The molecule has 2 aromatic heterocycles. The van der Waals surface area contributed by atoms with E-state index in [1.54, 1.807) is 0 Å². The number of aromatic amines is 1. The molecule has 3 rings (SSSR count). The van der Waals surface area contributed by atoms with E-state index in [1.807, 2.05) is 0 Å². The zero-order valence-electron chi connectivity index (χ0n) is 12.1. The van der Waals surface area contributed by atoms with E-state index in [2.05, 4.69) is 20.3 Å². The predicted molar refractivity (Wildman–Crippen MR) is 72.6 cm³/mol. The number of rotatable bonds is 2. The quantitative estimate of drug-likeness (QED) is 0.809. The van der Waals surface area contributed by atoms with Crippen molar-refractivity contribution >= 4 is 16.9 Å². The number of hydrogen-bond donors (Lipinski definition) is 2. The Morgan fingerprint density at radius 1 is 1.33 bits per heavy atom. The molecule has 0 spiro atoms. The molecule has 1 unspecified atom stereocenters. The first kappa shape index (κ1) is 16.6. The maximum atomic E-state index is 12.8. The molecule has 1 fully saturated rings. The number of hydrogen-bond acceptors (Lipinski definition) is 4. The molecular weight excluding hydrogens is 337 g/mol. The van der Waals surface area contributed by atoms with Crippen molar-refractivity contribution < 1.29 is 26.7 Å². The molecule has 24 heavy (non-hydrogen) atoms. The van der Waals surface area contributed by atoms with Gasteiger partial charge in [-0.3, -0.25) is 9.78 Å². The minimum atomic E-state index is -4.70. The van der Waals surface area contributed by atoms with Gasteiger partial charge in [-0.25, -0.2) is 13.8 Å². The summed E-state index contributed by atoms with van der Waals surface area (Å²) in [6.45, 7) is 0.0803. The largest absolute Gasteiger partial charge is 0.449 e. The summed E-state index contributed by atoms with van der Waals surface area (Å²) in [4.78, 5) is 22.9. The second kappa shape index (κ2) is 5.96.